The van der Waals surface area contributed by atoms with Gasteiger partial charge in [0.2, 0.25) is 0 Å². The molecule has 2 aromatic rings. The number of carboxylic acids is 1. The van der Waals surface area contributed by atoms with Crippen LogP contribution in [0.4, 0.5) is 0 Å². The van der Waals surface area contributed by atoms with Crippen molar-refractivity contribution in [1.82, 2.24) is 0 Å². The molecule has 0 spiro atoms. The first kappa shape index (κ1) is 30.7. The number of hydrogen-bond acceptors (Lipinski definition) is 5. The van der Waals surface area contributed by atoms with E-state index in [-0.39, 0.29) is 35.5 Å². The Balaban J connectivity index is 1.37. The SMILES string of the molecule is CC1=C(C2CCC(C)C(CC(=O)c3ccccc3C3CN=CC=NC3C)C(C)C2)OC(c2ccccc2)=C(C(=O)O)C1C. The van der Waals surface area contributed by atoms with E-state index in [0.29, 0.717) is 36.1 Å². The lowest BCUT2D eigenvalue weighted by atomic mass is 9.76. The van der Waals surface area contributed by atoms with Gasteiger partial charge in [-0.05, 0) is 62.0 Å². The van der Waals surface area contributed by atoms with Crippen LogP contribution in [-0.4, -0.2) is 41.9 Å². The van der Waals surface area contributed by atoms with Crippen LogP contribution in [0.25, 0.3) is 5.76 Å². The van der Waals surface area contributed by atoms with E-state index in [1.54, 1.807) is 12.4 Å². The number of Topliss-reactive ketones (excluding diaryl/α,β-unsaturated/α-hetero) is 1. The van der Waals surface area contributed by atoms with E-state index < -0.39 is 5.97 Å². The second-order valence-electron chi connectivity index (χ2n) is 12.8. The van der Waals surface area contributed by atoms with Gasteiger partial charge in [-0.3, -0.25) is 14.8 Å². The number of rotatable bonds is 7. The van der Waals surface area contributed by atoms with Gasteiger partial charge in [0.05, 0.1) is 11.6 Å². The van der Waals surface area contributed by atoms with Crippen molar-refractivity contribution >= 4 is 29.9 Å². The van der Waals surface area contributed by atoms with E-state index in [9.17, 15) is 14.7 Å². The van der Waals surface area contributed by atoms with Crippen molar-refractivity contribution in [1.29, 1.82) is 0 Å². The van der Waals surface area contributed by atoms with Crippen molar-refractivity contribution in [3.8, 4) is 0 Å². The van der Waals surface area contributed by atoms with E-state index in [4.69, 9.17) is 4.74 Å². The largest absolute Gasteiger partial charge is 0.478 e. The summed E-state index contributed by atoms with van der Waals surface area (Å²) in [5.41, 5.74) is 3.93. The highest BCUT2D eigenvalue weighted by Crippen LogP contribution is 2.46. The average Bonchev–Trinajstić information content (AvgIpc) is 3.30. The molecule has 0 bridgehead atoms. The van der Waals surface area contributed by atoms with Gasteiger partial charge in [-0.15, -0.1) is 0 Å². The van der Waals surface area contributed by atoms with Gasteiger partial charge < -0.3 is 9.84 Å². The number of carboxylic acid groups (broad SMARTS) is 1. The number of carbonyl (C=O) groups is 2. The highest BCUT2D eigenvalue weighted by Gasteiger charge is 2.39. The van der Waals surface area contributed by atoms with Crippen LogP contribution in [0.5, 0.6) is 0 Å². The number of nitrogens with zero attached hydrogens (tertiary/aromatic N) is 2. The summed E-state index contributed by atoms with van der Waals surface area (Å²) < 4.78 is 6.59. The molecule has 7 atom stereocenters. The quantitative estimate of drug-likeness (QED) is 0.265. The Bertz CT molecular complexity index is 1470. The Morgan fingerprint density at radius 1 is 0.930 bits per heavy atom. The van der Waals surface area contributed by atoms with Crippen LogP contribution in [0.1, 0.15) is 87.7 Å². The first-order chi connectivity index (χ1) is 20.7. The number of aliphatic imine (C=N–C) groups is 2. The summed E-state index contributed by atoms with van der Waals surface area (Å²) in [7, 11) is 0. The van der Waals surface area contributed by atoms with Gasteiger partial charge >= 0.3 is 5.97 Å². The molecular formula is C37H44N2O4. The van der Waals surface area contributed by atoms with E-state index in [2.05, 4.69) is 36.8 Å². The van der Waals surface area contributed by atoms with E-state index in [0.717, 1.165) is 47.3 Å². The minimum atomic E-state index is -0.941. The van der Waals surface area contributed by atoms with Gasteiger partial charge in [0.25, 0.3) is 0 Å². The fourth-order valence-electron chi connectivity index (χ4n) is 7.39. The lowest BCUT2D eigenvalue weighted by Crippen LogP contribution is -2.25. The molecule has 1 fully saturated rings. The second-order valence-corrected chi connectivity index (χ2v) is 12.8. The van der Waals surface area contributed by atoms with Gasteiger partial charge in [-0.2, -0.15) is 0 Å². The molecule has 0 saturated heterocycles. The second kappa shape index (κ2) is 13.2. The summed E-state index contributed by atoms with van der Waals surface area (Å²) >= 11 is 0. The minimum Gasteiger partial charge on any atom is -0.478 e. The number of ketones is 1. The first-order valence-corrected chi connectivity index (χ1v) is 15.7. The first-order valence-electron chi connectivity index (χ1n) is 15.7. The summed E-state index contributed by atoms with van der Waals surface area (Å²) in [5, 5.41) is 10.1. The maximum Gasteiger partial charge on any atom is 0.335 e. The van der Waals surface area contributed by atoms with Gasteiger partial charge in [0, 0.05) is 54.3 Å². The van der Waals surface area contributed by atoms with E-state index in [1.165, 1.54) is 0 Å². The summed E-state index contributed by atoms with van der Waals surface area (Å²) in [6, 6.07) is 17.6. The Kier molecular flexibility index (Phi) is 9.43. The number of benzene rings is 2. The highest BCUT2D eigenvalue weighted by atomic mass is 16.5. The van der Waals surface area contributed by atoms with Crippen LogP contribution in [-0.2, 0) is 9.53 Å². The molecule has 6 heteroatoms. The number of hydrogen-bond donors (Lipinski definition) is 1. The number of aliphatic carboxylic acids is 1. The van der Waals surface area contributed by atoms with Crippen molar-refractivity contribution < 1.29 is 19.4 Å². The maximum atomic E-state index is 14.0. The summed E-state index contributed by atoms with van der Waals surface area (Å²) in [6.45, 7) is 11.3. The lowest BCUT2D eigenvalue weighted by molar-refractivity contribution is -0.133. The van der Waals surface area contributed by atoms with Crippen LogP contribution >= 0.6 is 0 Å². The molecule has 226 valence electrons. The minimum absolute atomic E-state index is 0.0544. The zero-order valence-corrected chi connectivity index (χ0v) is 26.0. The molecule has 0 radical (unpaired) electrons. The van der Waals surface area contributed by atoms with Crippen molar-refractivity contribution in [2.75, 3.05) is 6.54 Å². The molecule has 1 aliphatic carbocycles. The molecule has 1 N–H and O–H groups in total. The molecule has 2 aromatic carbocycles. The summed E-state index contributed by atoms with van der Waals surface area (Å²) in [6.07, 6.45) is 6.86. The van der Waals surface area contributed by atoms with Crippen LogP contribution in [0.2, 0.25) is 0 Å². The third-order valence-electron chi connectivity index (χ3n) is 10.1. The zero-order valence-electron chi connectivity index (χ0n) is 26.0. The fraction of sp³-hybridized carbons (Fsp3) is 0.459. The summed E-state index contributed by atoms with van der Waals surface area (Å²) in [5.74, 6) is 1.54. The highest BCUT2D eigenvalue weighted by molar-refractivity contribution is 6.16. The van der Waals surface area contributed by atoms with Gasteiger partial charge in [0.15, 0.2) is 5.78 Å². The van der Waals surface area contributed by atoms with Gasteiger partial charge in [-0.25, -0.2) is 4.79 Å². The molecule has 3 aliphatic rings. The topological polar surface area (TPSA) is 88.3 Å². The fourth-order valence-corrected chi connectivity index (χ4v) is 7.39. The van der Waals surface area contributed by atoms with Crippen LogP contribution in [0, 0.1) is 29.6 Å². The van der Waals surface area contributed by atoms with Crippen LogP contribution < -0.4 is 0 Å². The molecule has 0 amide bonds. The zero-order chi connectivity index (χ0) is 30.7. The predicted molar refractivity (Wildman–Crippen MR) is 173 cm³/mol. The predicted octanol–water partition coefficient (Wildman–Crippen LogP) is 8.01. The van der Waals surface area contributed by atoms with Crippen molar-refractivity contribution in [2.45, 2.75) is 72.3 Å². The van der Waals surface area contributed by atoms with Crippen molar-refractivity contribution in [2.24, 2.45) is 39.6 Å². The van der Waals surface area contributed by atoms with Crippen molar-refractivity contribution in [3.63, 3.8) is 0 Å². The standard InChI is InChI=1S/C37H44N2O4/c1-22-15-16-28(35-25(4)24(3)34(37(41)42)36(43-35)27-11-7-6-8-12-27)19-23(2)31(22)20-33(40)30-14-10-9-13-29(30)32-21-38-17-18-39-26(32)5/h6-14,17-18,22-24,26,28,31-32H,15-16,19-21H2,1-5H3,(H,41,42). The Morgan fingerprint density at radius 3 is 2.40 bits per heavy atom. The smallest absolute Gasteiger partial charge is 0.335 e. The number of allylic oxidation sites excluding steroid dienone is 2. The maximum absolute atomic E-state index is 14.0. The van der Waals surface area contributed by atoms with Crippen molar-refractivity contribution in [3.05, 3.63) is 88.2 Å². The van der Waals surface area contributed by atoms with Gasteiger partial charge in [0.1, 0.15) is 11.5 Å². The molecule has 2 aliphatic heterocycles. The third-order valence-corrected chi connectivity index (χ3v) is 10.1. The Morgan fingerprint density at radius 2 is 1.65 bits per heavy atom. The Labute approximate surface area is 255 Å². The number of carbonyl (C=O) groups excluding carboxylic acids is 1. The molecular weight excluding hydrogens is 536 g/mol. The average molecular weight is 581 g/mol. The van der Waals surface area contributed by atoms with E-state index >= 15 is 0 Å². The lowest BCUT2D eigenvalue weighted by Gasteiger charge is -2.33. The molecule has 0 aromatic heterocycles. The molecule has 43 heavy (non-hydrogen) atoms. The summed E-state index contributed by atoms with van der Waals surface area (Å²) in [4.78, 5) is 35.4. The Hall–Kier alpha value is -3.80. The molecule has 7 unspecified atom stereocenters. The molecule has 2 heterocycles. The normalized spacial score (nSPS) is 29.6. The van der Waals surface area contributed by atoms with Crippen LogP contribution in [0.15, 0.2) is 81.5 Å². The van der Waals surface area contributed by atoms with Gasteiger partial charge in [-0.1, -0.05) is 75.4 Å². The number of ether oxygens (including phenoxy) is 1. The molecule has 1 saturated carbocycles. The van der Waals surface area contributed by atoms with Crippen LogP contribution in [0.3, 0.4) is 0 Å². The third kappa shape index (κ3) is 6.43. The molecule has 6 nitrogen and oxygen atoms in total. The monoisotopic (exact) mass is 580 g/mol. The molecule has 5 rings (SSSR count). The van der Waals surface area contributed by atoms with E-state index in [1.807, 2.05) is 62.4 Å².